The lowest BCUT2D eigenvalue weighted by molar-refractivity contribution is -0.122. The Kier molecular flexibility index (Phi) is 11.7. The lowest BCUT2D eigenvalue weighted by Crippen LogP contribution is -2.40. The van der Waals surface area contributed by atoms with Gasteiger partial charge in [-0.3, -0.25) is 9.69 Å². The van der Waals surface area contributed by atoms with E-state index in [1.54, 1.807) is 0 Å². The molecule has 0 aromatic heterocycles. The number of halogens is 2. The first-order valence-corrected chi connectivity index (χ1v) is 6.28. The van der Waals surface area contributed by atoms with Gasteiger partial charge >= 0.3 is 0 Å². The SMILES string of the molecule is CC(C)N(C)CC(=O)NCC(N)c1ccccc1.Cl.Cl. The molecule has 0 fully saturated rings. The van der Waals surface area contributed by atoms with Crippen molar-refractivity contribution in [1.82, 2.24) is 10.2 Å². The monoisotopic (exact) mass is 321 g/mol. The van der Waals surface area contributed by atoms with Gasteiger partial charge in [-0.2, -0.15) is 0 Å². The summed E-state index contributed by atoms with van der Waals surface area (Å²) in [4.78, 5) is 13.7. The molecular formula is C14H25Cl2N3O. The number of hydrogen-bond donors (Lipinski definition) is 2. The van der Waals surface area contributed by atoms with E-state index in [0.29, 0.717) is 19.1 Å². The van der Waals surface area contributed by atoms with Gasteiger partial charge in [-0.25, -0.2) is 0 Å². The second kappa shape index (κ2) is 10.9. The fourth-order valence-corrected chi connectivity index (χ4v) is 1.51. The molecule has 6 heteroatoms. The molecule has 1 atom stereocenters. The smallest absolute Gasteiger partial charge is 0.234 e. The molecule has 0 aliphatic rings. The number of hydrogen-bond acceptors (Lipinski definition) is 3. The van der Waals surface area contributed by atoms with Crippen LogP contribution in [0.25, 0.3) is 0 Å². The molecule has 0 saturated heterocycles. The first-order valence-electron chi connectivity index (χ1n) is 6.28. The summed E-state index contributed by atoms with van der Waals surface area (Å²) in [7, 11) is 1.93. The predicted molar refractivity (Wildman–Crippen MR) is 88.6 cm³/mol. The number of carbonyl (C=O) groups excluding carboxylic acids is 1. The number of amides is 1. The lowest BCUT2D eigenvalue weighted by atomic mass is 10.1. The summed E-state index contributed by atoms with van der Waals surface area (Å²) in [5, 5.41) is 2.86. The molecule has 1 amide bonds. The standard InChI is InChI=1S/C14H23N3O.2ClH/c1-11(2)17(3)10-14(18)16-9-13(15)12-7-5-4-6-8-12;;/h4-8,11,13H,9-10,15H2,1-3H3,(H,16,18);2*1H. The predicted octanol–water partition coefficient (Wildman–Crippen LogP) is 1.99. The van der Waals surface area contributed by atoms with Gasteiger partial charge in [0.2, 0.25) is 5.91 Å². The minimum Gasteiger partial charge on any atom is -0.353 e. The average molecular weight is 322 g/mol. The van der Waals surface area contributed by atoms with Crippen LogP contribution in [0.1, 0.15) is 25.5 Å². The Morgan fingerprint density at radius 1 is 1.25 bits per heavy atom. The summed E-state index contributed by atoms with van der Waals surface area (Å²) in [6, 6.07) is 9.99. The maximum atomic E-state index is 11.7. The van der Waals surface area contributed by atoms with Crippen molar-refractivity contribution < 1.29 is 4.79 Å². The van der Waals surface area contributed by atoms with Gasteiger partial charge in [-0.05, 0) is 26.5 Å². The van der Waals surface area contributed by atoms with E-state index >= 15 is 0 Å². The molecule has 20 heavy (non-hydrogen) atoms. The molecule has 1 rings (SSSR count). The van der Waals surface area contributed by atoms with Gasteiger partial charge in [0.15, 0.2) is 0 Å². The van der Waals surface area contributed by atoms with Gasteiger partial charge in [-0.1, -0.05) is 30.3 Å². The van der Waals surface area contributed by atoms with Gasteiger partial charge in [-0.15, -0.1) is 24.8 Å². The molecule has 4 nitrogen and oxygen atoms in total. The third-order valence-corrected chi connectivity index (χ3v) is 3.02. The third kappa shape index (κ3) is 7.70. The van der Waals surface area contributed by atoms with Crippen molar-refractivity contribution >= 4 is 30.7 Å². The Hall–Kier alpha value is -0.810. The van der Waals surface area contributed by atoms with Gasteiger partial charge in [0, 0.05) is 18.6 Å². The molecule has 0 aliphatic heterocycles. The molecule has 0 spiro atoms. The second-order valence-corrected chi connectivity index (χ2v) is 4.83. The van der Waals surface area contributed by atoms with Crippen molar-refractivity contribution in [2.24, 2.45) is 5.73 Å². The van der Waals surface area contributed by atoms with Gasteiger partial charge in [0.05, 0.1) is 6.54 Å². The van der Waals surface area contributed by atoms with Crippen LogP contribution in [0.4, 0.5) is 0 Å². The summed E-state index contributed by atoms with van der Waals surface area (Å²) < 4.78 is 0. The van der Waals surface area contributed by atoms with Crippen molar-refractivity contribution in [3.05, 3.63) is 35.9 Å². The van der Waals surface area contributed by atoms with Gasteiger partial charge in [0.1, 0.15) is 0 Å². The number of rotatable bonds is 6. The molecule has 1 unspecified atom stereocenters. The van der Waals surface area contributed by atoms with Crippen molar-refractivity contribution in [3.63, 3.8) is 0 Å². The van der Waals surface area contributed by atoms with Crippen LogP contribution in [0.2, 0.25) is 0 Å². The molecule has 0 heterocycles. The Morgan fingerprint density at radius 2 is 1.80 bits per heavy atom. The molecule has 3 N–H and O–H groups in total. The number of nitrogens with two attached hydrogens (primary N) is 1. The number of likely N-dealkylation sites (N-methyl/N-ethyl adjacent to an activating group) is 1. The maximum Gasteiger partial charge on any atom is 0.234 e. The number of nitrogens with one attached hydrogen (secondary N) is 1. The van der Waals surface area contributed by atoms with E-state index in [-0.39, 0.29) is 36.8 Å². The quantitative estimate of drug-likeness (QED) is 0.842. The summed E-state index contributed by atoms with van der Waals surface area (Å²) >= 11 is 0. The zero-order valence-electron chi connectivity index (χ0n) is 12.2. The van der Waals surface area contributed by atoms with Crippen LogP contribution in [0.5, 0.6) is 0 Å². The van der Waals surface area contributed by atoms with Gasteiger partial charge in [0.25, 0.3) is 0 Å². The van der Waals surface area contributed by atoms with E-state index < -0.39 is 0 Å². The fraction of sp³-hybridized carbons (Fsp3) is 0.500. The average Bonchev–Trinajstić information content (AvgIpc) is 2.36. The fourth-order valence-electron chi connectivity index (χ4n) is 1.51. The molecule has 116 valence electrons. The summed E-state index contributed by atoms with van der Waals surface area (Å²) in [6.45, 7) is 4.99. The molecule has 0 aliphatic carbocycles. The summed E-state index contributed by atoms with van der Waals surface area (Å²) in [5.41, 5.74) is 7.04. The Bertz CT molecular complexity index is 374. The Morgan fingerprint density at radius 3 is 2.30 bits per heavy atom. The molecular weight excluding hydrogens is 297 g/mol. The molecule has 1 aromatic rings. The highest BCUT2D eigenvalue weighted by Crippen LogP contribution is 2.07. The van der Waals surface area contributed by atoms with Crippen LogP contribution < -0.4 is 11.1 Å². The van der Waals surface area contributed by atoms with E-state index in [4.69, 9.17) is 5.73 Å². The van der Waals surface area contributed by atoms with Crippen molar-refractivity contribution in [1.29, 1.82) is 0 Å². The number of nitrogens with zero attached hydrogens (tertiary/aromatic N) is 1. The Balaban J connectivity index is 0. The van der Waals surface area contributed by atoms with Crippen LogP contribution in [-0.4, -0.2) is 37.0 Å². The van der Waals surface area contributed by atoms with Crippen LogP contribution in [0, 0.1) is 0 Å². The maximum absolute atomic E-state index is 11.7. The van der Waals surface area contributed by atoms with Gasteiger partial charge < -0.3 is 11.1 Å². The van der Waals surface area contributed by atoms with E-state index in [1.165, 1.54) is 0 Å². The van der Waals surface area contributed by atoms with E-state index in [1.807, 2.05) is 42.3 Å². The molecule has 0 bridgehead atoms. The highest BCUT2D eigenvalue weighted by Gasteiger charge is 2.11. The van der Waals surface area contributed by atoms with Crippen LogP contribution >= 0.6 is 24.8 Å². The van der Waals surface area contributed by atoms with Crippen LogP contribution in [0.15, 0.2) is 30.3 Å². The first-order chi connectivity index (χ1) is 8.50. The molecule has 0 saturated carbocycles. The van der Waals surface area contributed by atoms with E-state index in [0.717, 1.165) is 5.56 Å². The van der Waals surface area contributed by atoms with Crippen molar-refractivity contribution in [2.45, 2.75) is 25.9 Å². The van der Waals surface area contributed by atoms with Crippen molar-refractivity contribution in [3.8, 4) is 0 Å². The topological polar surface area (TPSA) is 58.4 Å². The number of carbonyl (C=O) groups is 1. The zero-order valence-corrected chi connectivity index (χ0v) is 13.8. The van der Waals surface area contributed by atoms with Crippen LogP contribution in [-0.2, 0) is 4.79 Å². The lowest BCUT2D eigenvalue weighted by Gasteiger charge is -2.21. The normalized spacial score (nSPS) is 11.5. The minimum atomic E-state index is -0.153. The van der Waals surface area contributed by atoms with E-state index in [2.05, 4.69) is 19.2 Å². The summed E-state index contributed by atoms with van der Waals surface area (Å²) in [6.07, 6.45) is 0. The number of benzene rings is 1. The Labute approximate surface area is 133 Å². The van der Waals surface area contributed by atoms with Crippen LogP contribution in [0.3, 0.4) is 0 Å². The highest BCUT2D eigenvalue weighted by atomic mass is 35.5. The highest BCUT2D eigenvalue weighted by molar-refractivity contribution is 5.85. The molecule has 1 aromatic carbocycles. The largest absolute Gasteiger partial charge is 0.353 e. The second-order valence-electron chi connectivity index (χ2n) is 4.83. The molecule has 0 radical (unpaired) electrons. The minimum absolute atomic E-state index is 0. The third-order valence-electron chi connectivity index (χ3n) is 3.02. The zero-order chi connectivity index (χ0) is 13.5. The van der Waals surface area contributed by atoms with E-state index in [9.17, 15) is 4.79 Å². The van der Waals surface area contributed by atoms with Crippen molar-refractivity contribution in [2.75, 3.05) is 20.1 Å². The summed E-state index contributed by atoms with van der Waals surface area (Å²) in [5.74, 6) is 0.0116. The first kappa shape index (κ1) is 21.5.